The number of carbonyl (C=O) groups excluding carboxylic acids is 1. The van der Waals surface area contributed by atoms with Crippen LogP contribution in [0.25, 0.3) is 0 Å². The number of anilines is 1. The summed E-state index contributed by atoms with van der Waals surface area (Å²) in [6.07, 6.45) is 0. The Balaban J connectivity index is 3.26. The van der Waals surface area contributed by atoms with E-state index < -0.39 is 0 Å². The van der Waals surface area contributed by atoms with Gasteiger partial charge in [0.2, 0.25) is 0 Å². The lowest BCUT2D eigenvalue weighted by Crippen LogP contribution is -2.38. The smallest absolute Gasteiger partial charge is 0.270 e. The summed E-state index contributed by atoms with van der Waals surface area (Å²) in [6.45, 7) is 11.1. The molecule has 1 rings (SSSR count). The van der Waals surface area contributed by atoms with Gasteiger partial charge < -0.3 is 15.1 Å². The highest BCUT2D eigenvalue weighted by atomic mass is 16.1. The zero-order valence-corrected chi connectivity index (χ0v) is 14.5. The molecule has 0 heterocycles. The quantitative estimate of drug-likeness (QED) is 0.592. The maximum Gasteiger partial charge on any atom is 0.270 e. The summed E-state index contributed by atoms with van der Waals surface area (Å²) in [5.74, 6) is 0.337. The van der Waals surface area contributed by atoms with Gasteiger partial charge in [0.25, 0.3) is 5.91 Å². The molecule has 23 heavy (non-hydrogen) atoms. The zero-order chi connectivity index (χ0) is 17.2. The van der Waals surface area contributed by atoms with Gasteiger partial charge in [0.1, 0.15) is 11.9 Å². The number of benzene rings is 1. The van der Waals surface area contributed by atoms with Crippen LogP contribution in [0, 0.1) is 11.3 Å². The van der Waals surface area contributed by atoms with Crippen molar-refractivity contribution in [2.75, 3.05) is 31.5 Å². The predicted molar refractivity (Wildman–Crippen MR) is 93.6 cm³/mol. The Hall–Kier alpha value is -2.48. The number of carbonyl (C=O) groups is 1. The zero-order valence-electron chi connectivity index (χ0n) is 14.5. The lowest BCUT2D eigenvalue weighted by atomic mass is 10.2. The lowest BCUT2D eigenvalue weighted by molar-refractivity contribution is -0.112. The minimum Gasteiger partial charge on any atom is -0.358 e. The molecule has 1 aromatic carbocycles. The van der Waals surface area contributed by atoms with Crippen molar-refractivity contribution in [3.63, 3.8) is 0 Å². The summed E-state index contributed by atoms with van der Waals surface area (Å²) in [5, 5.41) is 12.4. The van der Waals surface area contributed by atoms with Crippen molar-refractivity contribution in [2.45, 2.75) is 27.7 Å². The average molecular weight is 314 g/mol. The molecule has 1 N–H and O–H groups in total. The topological polar surface area (TPSA) is 59.4 Å². The number of hydrogen-bond donors (Lipinski definition) is 1. The Morgan fingerprint density at radius 3 is 1.87 bits per heavy atom. The van der Waals surface area contributed by atoms with Gasteiger partial charge in [0, 0.05) is 31.9 Å². The first-order valence-electron chi connectivity index (χ1n) is 8.13. The Morgan fingerprint density at radius 1 is 1.00 bits per heavy atom. The normalized spacial score (nSPS) is 9.70. The van der Waals surface area contributed by atoms with Crippen molar-refractivity contribution in [3.05, 3.63) is 41.7 Å². The molecule has 0 fully saturated rings. The third-order valence-electron chi connectivity index (χ3n) is 3.72. The molecule has 0 spiro atoms. The van der Waals surface area contributed by atoms with Crippen molar-refractivity contribution >= 4 is 11.6 Å². The number of nitriles is 1. The molecule has 0 aliphatic heterocycles. The lowest BCUT2D eigenvalue weighted by Gasteiger charge is -2.34. The largest absolute Gasteiger partial charge is 0.358 e. The standard InChI is InChI=1S/C18H26N4O/c1-5-21(6-2)18(22(7-3)8-4)16(14-19)17(23)20-15-12-10-9-11-13-15/h9-13H,5-8H2,1-4H3,(H,20,23). The number of amides is 1. The van der Waals surface area contributed by atoms with Gasteiger partial charge in [0.15, 0.2) is 5.57 Å². The van der Waals surface area contributed by atoms with E-state index in [4.69, 9.17) is 0 Å². The first-order valence-corrected chi connectivity index (χ1v) is 8.13. The molecule has 5 nitrogen and oxygen atoms in total. The minimum atomic E-state index is -0.368. The third-order valence-corrected chi connectivity index (χ3v) is 3.72. The van der Waals surface area contributed by atoms with Crippen LogP contribution in [0.2, 0.25) is 0 Å². The second kappa shape index (κ2) is 9.52. The van der Waals surface area contributed by atoms with Gasteiger partial charge >= 0.3 is 0 Å². The molecule has 0 aliphatic rings. The van der Waals surface area contributed by atoms with Crippen LogP contribution in [0.15, 0.2) is 41.7 Å². The molecule has 0 saturated carbocycles. The van der Waals surface area contributed by atoms with Crippen molar-refractivity contribution in [3.8, 4) is 6.07 Å². The molecule has 1 amide bonds. The van der Waals surface area contributed by atoms with Crippen molar-refractivity contribution in [2.24, 2.45) is 0 Å². The highest BCUT2D eigenvalue weighted by Gasteiger charge is 2.23. The number of nitrogens with zero attached hydrogens (tertiary/aromatic N) is 3. The maximum atomic E-state index is 12.6. The number of rotatable bonds is 8. The summed E-state index contributed by atoms with van der Waals surface area (Å²) in [4.78, 5) is 16.7. The van der Waals surface area contributed by atoms with Gasteiger partial charge in [-0.15, -0.1) is 0 Å². The Bertz CT molecular complexity index is 552. The van der Waals surface area contributed by atoms with Crippen LogP contribution in [0.4, 0.5) is 5.69 Å². The van der Waals surface area contributed by atoms with E-state index in [0.29, 0.717) is 11.5 Å². The fourth-order valence-corrected chi connectivity index (χ4v) is 2.48. The minimum absolute atomic E-state index is 0.154. The molecule has 0 atom stereocenters. The maximum absolute atomic E-state index is 12.6. The monoisotopic (exact) mass is 314 g/mol. The number of hydrogen-bond acceptors (Lipinski definition) is 4. The molecule has 0 aromatic heterocycles. The van der Waals surface area contributed by atoms with Crippen molar-refractivity contribution in [1.29, 1.82) is 5.26 Å². The molecule has 0 radical (unpaired) electrons. The van der Waals surface area contributed by atoms with Crippen LogP contribution in [0.1, 0.15) is 27.7 Å². The molecule has 0 saturated heterocycles. The predicted octanol–water partition coefficient (Wildman–Crippen LogP) is 3.04. The Labute approximate surface area is 139 Å². The summed E-state index contributed by atoms with van der Waals surface area (Å²) < 4.78 is 0. The molecule has 124 valence electrons. The van der Waals surface area contributed by atoms with Crippen LogP contribution >= 0.6 is 0 Å². The van der Waals surface area contributed by atoms with E-state index in [1.54, 1.807) is 12.1 Å². The summed E-state index contributed by atoms with van der Waals surface area (Å²) in [5.41, 5.74) is 0.838. The fraction of sp³-hybridized carbons (Fsp3) is 0.444. The first kappa shape index (κ1) is 18.6. The third kappa shape index (κ3) is 4.75. The first-order chi connectivity index (χ1) is 11.1. The molecule has 0 aliphatic carbocycles. The van der Waals surface area contributed by atoms with Gasteiger partial charge in [-0.25, -0.2) is 0 Å². The van der Waals surface area contributed by atoms with Gasteiger partial charge in [-0.05, 0) is 39.8 Å². The highest BCUT2D eigenvalue weighted by molar-refractivity contribution is 6.07. The van der Waals surface area contributed by atoms with Gasteiger partial charge in [-0.2, -0.15) is 5.26 Å². The van der Waals surface area contributed by atoms with Crippen molar-refractivity contribution in [1.82, 2.24) is 9.80 Å². The fourth-order valence-electron chi connectivity index (χ4n) is 2.48. The molecule has 5 heteroatoms. The summed E-state index contributed by atoms with van der Waals surface area (Å²) in [7, 11) is 0. The number of para-hydroxylation sites is 1. The average Bonchev–Trinajstić information content (AvgIpc) is 2.58. The van der Waals surface area contributed by atoms with E-state index in [9.17, 15) is 10.1 Å². The van der Waals surface area contributed by atoms with E-state index >= 15 is 0 Å². The van der Waals surface area contributed by atoms with E-state index in [1.165, 1.54) is 0 Å². The van der Waals surface area contributed by atoms with E-state index in [-0.39, 0.29) is 11.5 Å². The van der Waals surface area contributed by atoms with E-state index in [0.717, 1.165) is 26.2 Å². The van der Waals surface area contributed by atoms with Crippen LogP contribution in [-0.4, -0.2) is 41.9 Å². The Morgan fingerprint density at radius 2 is 1.48 bits per heavy atom. The van der Waals surface area contributed by atoms with E-state index in [2.05, 4.69) is 21.2 Å². The van der Waals surface area contributed by atoms with Gasteiger partial charge in [-0.3, -0.25) is 4.79 Å². The second-order valence-corrected chi connectivity index (χ2v) is 4.98. The Kier molecular flexibility index (Phi) is 7.69. The van der Waals surface area contributed by atoms with Gasteiger partial charge in [-0.1, -0.05) is 18.2 Å². The van der Waals surface area contributed by atoms with Gasteiger partial charge in [0.05, 0.1) is 0 Å². The molecule has 0 bridgehead atoms. The van der Waals surface area contributed by atoms with E-state index in [1.807, 2.05) is 45.9 Å². The number of nitrogens with one attached hydrogen (secondary N) is 1. The van der Waals surface area contributed by atoms with Crippen LogP contribution in [-0.2, 0) is 4.79 Å². The summed E-state index contributed by atoms with van der Waals surface area (Å²) in [6, 6.07) is 11.3. The molecular formula is C18H26N4O. The second-order valence-electron chi connectivity index (χ2n) is 4.98. The molecular weight excluding hydrogens is 288 g/mol. The van der Waals surface area contributed by atoms with Crippen LogP contribution in [0.3, 0.4) is 0 Å². The molecule has 0 unspecified atom stereocenters. The van der Waals surface area contributed by atoms with Crippen LogP contribution in [0.5, 0.6) is 0 Å². The summed E-state index contributed by atoms with van der Waals surface area (Å²) >= 11 is 0. The van der Waals surface area contributed by atoms with Crippen LogP contribution < -0.4 is 5.32 Å². The highest BCUT2D eigenvalue weighted by Crippen LogP contribution is 2.17. The SMILES string of the molecule is CCN(CC)C(=C(C#N)C(=O)Nc1ccccc1)N(CC)CC. The molecule has 1 aromatic rings. The van der Waals surface area contributed by atoms with Crippen molar-refractivity contribution < 1.29 is 4.79 Å².